The fraction of sp³-hybridized carbons (Fsp3) is 0.0976. The summed E-state index contributed by atoms with van der Waals surface area (Å²) < 4.78 is 159. The maximum atomic E-state index is 12.8. The van der Waals surface area contributed by atoms with Gasteiger partial charge in [0, 0.05) is 22.2 Å². The van der Waals surface area contributed by atoms with Crippen LogP contribution in [0.3, 0.4) is 0 Å². The summed E-state index contributed by atoms with van der Waals surface area (Å²) in [5.74, 6) is -1.53. The number of phenolic OH excluding ortho intramolecular Hbond substituents is 1. The molecule has 8 aromatic rings. The number of rotatable bonds is 14. The summed E-state index contributed by atoms with van der Waals surface area (Å²) in [6, 6.07) is 25.0. The zero-order valence-corrected chi connectivity index (χ0v) is 42.7. The lowest BCUT2D eigenvalue weighted by molar-refractivity contribution is -0.191. The molecule has 0 saturated carbocycles. The van der Waals surface area contributed by atoms with Gasteiger partial charge in [-0.1, -0.05) is 59.9 Å². The number of nitrogens with zero attached hydrogens (tertiary/aromatic N) is 9. The number of carbonyl (C=O) groups excluding carboxylic acids is 2. The van der Waals surface area contributed by atoms with Gasteiger partial charge in [-0.3, -0.25) is 13.7 Å². The fourth-order valence-electron chi connectivity index (χ4n) is 6.60. The van der Waals surface area contributed by atoms with Gasteiger partial charge in [0.25, 0.3) is 30.4 Å². The minimum Gasteiger partial charge on any atom is -0.505 e. The average Bonchev–Trinajstić information content (AvgIpc) is 3.92. The van der Waals surface area contributed by atoms with Crippen LogP contribution in [-0.4, -0.2) is 108 Å². The summed E-state index contributed by atoms with van der Waals surface area (Å²) in [5, 5.41) is 52.8. The predicted octanol–water partition coefficient (Wildman–Crippen LogP) is 7.31. The van der Waals surface area contributed by atoms with Crippen molar-refractivity contribution >= 4 is 134 Å². The number of aryl methyl sites for hydroxylation is 1. The second kappa shape index (κ2) is 25.1. The molecule has 2 heterocycles. The van der Waals surface area contributed by atoms with Crippen LogP contribution in [0.15, 0.2) is 144 Å². The van der Waals surface area contributed by atoms with Crippen molar-refractivity contribution in [2.75, 3.05) is 12.4 Å². The zero-order valence-electron chi connectivity index (χ0n) is 37.8. The normalized spacial score (nSPS) is 11.7. The molecule has 0 unspecified atom stereocenters. The van der Waals surface area contributed by atoms with Crippen LogP contribution < -0.4 is 4.74 Å². The highest BCUT2D eigenvalue weighted by atomic mass is 32.2. The topological polar surface area (TPSA) is 454 Å². The maximum Gasteiger partial charge on any atom is 0.425 e. The van der Waals surface area contributed by atoms with E-state index in [2.05, 4.69) is 40.8 Å². The molecule has 76 heavy (non-hydrogen) atoms. The number of hydrogen-bond acceptors (Lipinski definition) is 26. The van der Waals surface area contributed by atoms with E-state index in [1.54, 1.807) is 25.1 Å². The molecule has 0 bridgehead atoms. The van der Waals surface area contributed by atoms with Gasteiger partial charge < -0.3 is 14.9 Å². The second-order valence-corrected chi connectivity index (χ2v) is 20.6. The fourth-order valence-corrected chi connectivity index (χ4v) is 9.45. The molecule has 0 saturated heterocycles. The first-order chi connectivity index (χ1) is 35.7. The standard InChI is InChI=1S/C40H31N9O12S4.CO2.2O3S/c1-22-19-30(33(61-17-6-18-63(52,53)54)20-29(22)45-48-40-42-36-34(62-40)11-5-12-35(36)64(55,56)57)46-43-27-15-14-26-25(37(27)50)13-16-28(38(26)65(58,59)60)44-47-31-21-41-49(39(31)51)32-10-4-8-23-7-2-3-9-24(23)32;2-1-3;2*1-4(2)3/h2-5,7-16,19-21,50-51H,6,17-18H2,1H3,(H,52,53,54)(H,55,56,57)(H,58,59,60);;;. The van der Waals surface area contributed by atoms with E-state index in [1.807, 2.05) is 30.3 Å². The molecular formula is C41H31N9O20S6. The Balaban J connectivity index is 0.000000887. The van der Waals surface area contributed by atoms with Gasteiger partial charge in [-0.25, -0.2) is 4.98 Å². The number of aromatic hydroxyl groups is 2. The quantitative estimate of drug-likeness (QED) is 0.0404. The number of benzene rings is 6. The third-order valence-corrected chi connectivity index (χ3v) is 13.1. The van der Waals surface area contributed by atoms with Gasteiger partial charge in [-0.2, -0.15) is 44.6 Å². The number of para-hydroxylation sites is 1. The minimum atomic E-state index is -5.02. The Hall–Kier alpha value is -8.51. The Morgan fingerprint density at radius 3 is 1.89 bits per heavy atom. The molecule has 6 aromatic carbocycles. The van der Waals surface area contributed by atoms with Crippen LogP contribution in [0.25, 0.3) is 37.4 Å². The molecule has 35 heteroatoms. The predicted molar refractivity (Wildman–Crippen MR) is 262 cm³/mol. The van der Waals surface area contributed by atoms with Crippen LogP contribution >= 0.6 is 11.3 Å². The van der Waals surface area contributed by atoms with E-state index in [0.29, 0.717) is 16.0 Å². The van der Waals surface area contributed by atoms with Crippen LogP contribution in [0.5, 0.6) is 17.4 Å². The van der Waals surface area contributed by atoms with Crippen LogP contribution in [0.1, 0.15) is 12.0 Å². The van der Waals surface area contributed by atoms with Crippen molar-refractivity contribution in [3.05, 3.63) is 109 Å². The number of phenols is 1. The van der Waals surface area contributed by atoms with E-state index >= 15 is 0 Å². The van der Waals surface area contributed by atoms with E-state index in [-0.39, 0.29) is 74.8 Å². The molecule has 0 aliphatic carbocycles. The molecule has 396 valence electrons. The SMILES string of the molecule is Cc1cc(N=Nc2ccc3c(S(=O)(=O)O)c(N=Nc4cnn(-c5cccc6ccccc56)c4O)ccc3c2O)c(OCCCS(=O)(=O)O)cc1N=Nc1nc2c(S(=O)(=O)O)cccc2s1.O=C=O.O=S(=O)=O.O=S(=O)=O. The van der Waals surface area contributed by atoms with Gasteiger partial charge in [0.15, 0.2) is 11.4 Å². The van der Waals surface area contributed by atoms with Crippen LogP contribution in [0, 0.1) is 6.92 Å². The number of ether oxygens (including phenoxy) is 1. The first-order valence-corrected chi connectivity index (χ1v) is 27.4. The maximum absolute atomic E-state index is 12.8. The van der Waals surface area contributed by atoms with Crippen molar-refractivity contribution in [3.63, 3.8) is 0 Å². The lowest BCUT2D eigenvalue weighted by Gasteiger charge is -2.11. The van der Waals surface area contributed by atoms with Crippen molar-refractivity contribution in [1.29, 1.82) is 0 Å². The lowest BCUT2D eigenvalue weighted by Crippen LogP contribution is -2.08. The molecule has 0 radical (unpaired) electrons. The average molecular weight is 1160 g/mol. The molecular weight excluding hydrogens is 1130 g/mol. The second-order valence-electron chi connectivity index (χ2n) is 14.4. The summed E-state index contributed by atoms with van der Waals surface area (Å²) in [5.41, 5.74) is 0.689. The Morgan fingerprint density at radius 2 is 1.24 bits per heavy atom. The summed E-state index contributed by atoms with van der Waals surface area (Å²) in [4.78, 5) is 19.3. The Labute approximate surface area is 433 Å². The van der Waals surface area contributed by atoms with Gasteiger partial charge in [-0.15, -0.1) is 55.9 Å². The van der Waals surface area contributed by atoms with Crippen LogP contribution in [-0.2, 0) is 61.2 Å². The number of fused-ring (bicyclic) bond motifs is 3. The summed E-state index contributed by atoms with van der Waals surface area (Å²) in [6.45, 7) is 1.42. The smallest absolute Gasteiger partial charge is 0.425 e. The Kier molecular flexibility index (Phi) is 19.3. The monoisotopic (exact) mass is 1160 g/mol. The zero-order chi connectivity index (χ0) is 56.1. The first kappa shape index (κ1) is 58.4. The Morgan fingerprint density at radius 1 is 0.658 bits per heavy atom. The third kappa shape index (κ3) is 15.5. The Bertz CT molecular complexity index is 4210. The highest BCUT2D eigenvalue weighted by molar-refractivity contribution is 7.86. The van der Waals surface area contributed by atoms with Gasteiger partial charge in [0.2, 0.25) is 11.0 Å². The molecule has 0 aliphatic heterocycles. The van der Waals surface area contributed by atoms with Gasteiger partial charge in [0.05, 0.1) is 34.6 Å². The number of hydrogen-bond donors (Lipinski definition) is 5. The highest BCUT2D eigenvalue weighted by Crippen LogP contribution is 2.44. The van der Waals surface area contributed by atoms with Crippen LogP contribution in [0.2, 0.25) is 0 Å². The van der Waals surface area contributed by atoms with Gasteiger partial charge in [-0.05, 0) is 66.8 Å². The van der Waals surface area contributed by atoms with Crippen LogP contribution in [0.4, 0.5) is 33.6 Å². The molecule has 0 fully saturated rings. The lowest BCUT2D eigenvalue weighted by atomic mass is 10.1. The third-order valence-electron chi connectivity index (χ3n) is 9.56. The van der Waals surface area contributed by atoms with E-state index in [1.165, 1.54) is 59.4 Å². The first-order valence-electron chi connectivity index (χ1n) is 20.1. The molecule has 5 N–H and O–H groups in total. The summed E-state index contributed by atoms with van der Waals surface area (Å²) >= 11 is 1.01. The van der Waals surface area contributed by atoms with E-state index < -0.39 is 78.7 Å². The molecule has 0 atom stereocenters. The van der Waals surface area contributed by atoms with E-state index in [9.17, 15) is 49.1 Å². The van der Waals surface area contributed by atoms with Crippen molar-refractivity contribution in [2.45, 2.75) is 23.1 Å². The van der Waals surface area contributed by atoms with Crippen molar-refractivity contribution in [3.8, 4) is 23.1 Å². The minimum absolute atomic E-state index is 0.000167. The van der Waals surface area contributed by atoms with Crippen molar-refractivity contribution < 1.29 is 88.7 Å². The van der Waals surface area contributed by atoms with E-state index in [4.69, 9.17) is 39.6 Å². The molecule has 0 spiro atoms. The molecule has 29 nitrogen and oxygen atoms in total. The molecule has 2 aromatic heterocycles. The highest BCUT2D eigenvalue weighted by Gasteiger charge is 2.23. The van der Waals surface area contributed by atoms with Crippen molar-refractivity contribution in [1.82, 2.24) is 14.8 Å². The number of aromatic nitrogens is 3. The summed E-state index contributed by atoms with van der Waals surface area (Å²) in [6.07, 6.45) is 1.35. The van der Waals surface area contributed by atoms with E-state index in [0.717, 1.165) is 22.1 Å². The molecule has 0 aliphatic rings. The van der Waals surface area contributed by atoms with Crippen molar-refractivity contribution in [2.24, 2.45) is 30.7 Å². The number of azo groups is 3. The largest absolute Gasteiger partial charge is 0.505 e. The molecule has 0 amide bonds. The number of thiazole rings is 1. The van der Waals surface area contributed by atoms with Gasteiger partial charge >= 0.3 is 27.4 Å². The molecule has 8 rings (SSSR count). The van der Waals surface area contributed by atoms with Gasteiger partial charge in [0.1, 0.15) is 38.1 Å². The summed E-state index contributed by atoms with van der Waals surface area (Å²) in [7, 11) is -20.1.